The number of benzene rings is 1. The van der Waals surface area contributed by atoms with Crippen LogP contribution in [-0.4, -0.2) is 66.9 Å². The van der Waals surface area contributed by atoms with E-state index in [0.717, 1.165) is 31.6 Å². The molecule has 2 fully saturated rings. The maximum atomic E-state index is 12.9. The molecule has 4 rings (SSSR count). The van der Waals surface area contributed by atoms with Crippen molar-refractivity contribution >= 4 is 11.7 Å². The van der Waals surface area contributed by atoms with E-state index in [-0.39, 0.29) is 23.4 Å². The lowest BCUT2D eigenvalue weighted by Gasteiger charge is -2.39. The molecule has 1 aromatic heterocycles. The Labute approximate surface area is 189 Å². The van der Waals surface area contributed by atoms with Gasteiger partial charge in [0.15, 0.2) is 5.82 Å². The smallest absolute Gasteiger partial charge is 0.321 e. The summed E-state index contributed by atoms with van der Waals surface area (Å²) in [6.45, 7) is 6.50. The van der Waals surface area contributed by atoms with Crippen molar-refractivity contribution in [3.63, 3.8) is 0 Å². The van der Waals surface area contributed by atoms with E-state index in [9.17, 15) is 4.79 Å². The zero-order valence-corrected chi connectivity index (χ0v) is 19.6. The number of hydrogen-bond donors (Lipinski definition) is 1. The average Bonchev–Trinajstić information content (AvgIpc) is 3.39. The van der Waals surface area contributed by atoms with Crippen molar-refractivity contribution in [2.24, 2.45) is 5.41 Å². The number of amides is 2. The van der Waals surface area contributed by atoms with Crippen LogP contribution in [0.15, 0.2) is 22.7 Å². The molecule has 2 aliphatic heterocycles. The molecule has 32 heavy (non-hydrogen) atoms. The van der Waals surface area contributed by atoms with Gasteiger partial charge in [-0.3, -0.25) is 4.90 Å². The van der Waals surface area contributed by atoms with E-state index in [0.29, 0.717) is 36.2 Å². The van der Waals surface area contributed by atoms with Gasteiger partial charge < -0.3 is 24.2 Å². The van der Waals surface area contributed by atoms with Gasteiger partial charge >= 0.3 is 6.03 Å². The second-order valence-corrected chi connectivity index (χ2v) is 9.26. The SMILES string of the molecule is COc1ccc(OC)c(NC(=O)N2CCC3(CC2)CC(c2noc(C(C)C)n2)N(C)C3)c1. The Morgan fingerprint density at radius 2 is 2.00 bits per heavy atom. The Hall–Kier alpha value is -2.81. The second-order valence-electron chi connectivity index (χ2n) is 9.26. The molecule has 1 spiro atoms. The molecule has 1 unspecified atom stereocenters. The Morgan fingerprint density at radius 3 is 2.62 bits per heavy atom. The summed E-state index contributed by atoms with van der Waals surface area (Å²) in [6.07, 6.45) is 2.89. The highest BCUT2D eigenvalue weighted by Crippen LogP contribution is 2.47. The molecule has 3 heterocycles. The van der Waals surface area contributed by atoms with Crippen molar-refractivity contribution in [3.8, 4) is 11.5 Å². The number of ether oxygens (including phenoxy) is 2. The van der Waals surface area contributed by atoms with Gasteiger partial charge in [-0.15, -0.1) is 0 Å². The number of carbonyl (C=O) groups excluding carboxylic acids is 1. The number of urea groups is 1. The molecule has 1 atom stereocenters. The monoisotopic (exact) mass is 443 g/mol. The molecule has 0 bridgehead atoms. The van der Waals surface area contributed by atoms with Crippen LogP contribution in [0.5, 0.6) is 11.5 Å². The minimum Gasteiger partial charge on any atom is -0.497 e. The Morgan fingerprint density at radius 1 is 1.25 bits per heavy atom. The molecule has 9 heteroatoms. The Bertz CT molecular complexity index is 952. The first-order valence-electron chi connectivity index (χ1n) is 11.2. The first kappa shape index (κ1) is 22.4. The largest absolute Gasteiger partial charge is 0.497 e. The van der Waals surface area contributed by atoms with Gasteiger partial charge in [-0.05, 0) is 43.9 Å². The minimum atomic E-state index is -0.117. The predicted octanol–water partition coefficient (Wildman–Crippen LogP) is 3.90. The van der Waals surface area contributed by atoms with Gasteiger partial charge in [0.2, 0.25) is 5.89 Å². The van der Waals surface area contributed by atoms with Crippen LogP contribution in [-0.2, 0) is 0 Å². The third kappa shape index (κ3) is 4.39. The molecule has 2 aromatic rings. The van der Waals surface area contributed by atoms with Crippen LogP contribution in [0.4, 0.5) is 10.5 Å². The van der Waals surface area contributed by atoms with Crippen LogP contribution >= 0.6 is 0 Å². The van der Waals surface area contributed by atoms with E-state index in [1.54, 1.807) is 32.4 Å². The zero-order valence-electron chi connectivity index (χ0n) is 19.6. The third-order valence-electron chi connectivity index (χ3n) is 6.75. The lowest BCUT2D eigenvalue weighted by molar-refractivity contribution is 0.128. The molecule has 1 N–H and O–H groups in total. The van der Waals surface area contributed by atoms with Crippen molar-refractivity contribution in [2.75, 3.05) is 46.2 Å². The molecule has 174 valence electrons. The fraction of sp³-hybridized carbons (Fsp3) is 0.609. The standard InChI is InChI=1S/C23H33N5O4/c1-15(2)21-25-20(26-32-21)18-13-23(14-27(18)3)8-10-28(11-9-23)22(29)24-17-12-16(30-4)6-7-19(17)31-5/h6-7,12,15,18H,8-11,13-14H2,1-5H3,(H,24,29). The highest BCUT2D eigenvalue weighted by molar-refractivity contribution is 5.91. The van der Waals surface area contributed by atoms with Gasteiger partial charge in [-0.25, -0.2) is 4.79 Å². The Kier molecular flexibility index (Phi) is 6.28. The lowest BCUT2D eigenvalue weighted by atomic mass is 9.76. The van der Waals surface area contributed by atoms with Crippen LogP contribution in [0.2, 0.25) is 0 Å². The van der Waals surface area contributed by atoms with Gasteiger partial charge in [-0.2, -0.15) is 4.98 Å². The number of methoxy groups -OCH3 is 2. The molecule has 2 aliphatic rings. The number of nitrogens with zero attached hydrogens (tertiary/aromatic N) is 4. The van der Waals surface area contributed by atoms with E-state index in [1.165, 1.54) is 0 Å². The van der Waals surface area contributed by atoms with Crippen LogP contribution in [0.1, 0.15) is 56.8 Å². The number of piperidine rings is 1. The van der Waals surface area contributed by atoms with Crippen LogP contribution in [0.25, 0.3) is 0 Å². The summed E-state index contributed by atoms with van der Waals surface area (Å²) in [6, 6.07) is 5.41. The number of carbonyl (C=O) groups is 1. The highest BCUT2D eigenvalue weighted by Gasteiger charge is 2.46. The number of hydrogen-bond acceptors (Lipinski definition) is 7. The van der Waals surface area contributed by atoms with E-state index < -0.39 is 0 Å². The summed E-state index contributed by atoms with van der Waals surface area (Å²) >= 11 is 0. The lowest BCUT2D eigenvalue weighted by Crippen LogP contribution is -2.45. The van der Waals surface area contributed by atoms with Crippen LogP contribution < -0.4 is 14.8 Å². The number of nitrogens with one attached hydrogen (secondary N) is 1. The van der Waals surface area contributed by atoms with Gasteiger partial charge in [0.25, 0.3) is 0 Å². The van der Waals surface area contributed by atoms with Gasteiger partial charge in [0.05, 0.1) is 25.9 Å². The van der Waals surface area contributed by atoms with Gasteiger partial charge in [0.1, 0.15) is 11.5 Å². The molecule has 9 nitrogen and oxygen atoms in total. The maximum Gasteiger partial charge on any atom is 0.321 e. The predicted molar refractivity (Wildman–Crippen MR) is 120 cm³/mol. The first-order valence-corrected chi connectivity index (χ1v) is 11.2. The highest BCUT2D eigenvalue weighted by atomic mass is 16.5. The molecule has 0 radical (unpaired) electrons. The van der Waals surface area contributed by atoms with E-state index in [1.807, 2.05) is 4.90 Å². The van der Waals surface area contributed by atoms with Crippen molar-refractivity contribution < 1.29 is 18.8 Å². The quantitative estimate of drug-likeness (QED) is 0.749. The molecular formula is C23H33N5O4. The fourth-order valence-corrected chi connectivity index (χ4v) is 4.83. The van der Waals surface area contributed by atoms with E-state index >= 15 is 0 Å². The molecular weight excluding hydrogens is 410 g/mol. The third-order valence-corrected chi connectivity index (χ3v) is 6.75. The van der Waals surface area contributed by atoms with E-state index in [4.69, 9.17) is 14.0 Å². The number of anilines is 1. The summed E-state index contributed by atoms with van der Waals surface area (Å²) in [7, 11) is 5.31. The minimum absolute atomic E-state index is 0.117. The summed E-state index contributed by atoms with van der Waals surface area (Å²) in [5, 5.41) is 7.22. The second kappa shape index (κ2) is 8.97. The molecule has 0 aliphatic carbocycles. The zero-order chi connectivity index (χ0) is 22.9. The van der Waals surface area contributed by atoms with Crippen molar-refractivity contribution in [1.82, 2.24) is 19.9 Å². The molecule has 0 saturated carbocycles. The molecule has 1 aromatic carbocycles. The Balaban J connectivity index is 1.38. The fourth-order valence-electron chi connectivity index (χ4n) is 4.83. The first-order chi connectivity index (χ1) is 15.3. The van der Waals surface area contributed by atoms with Crippen LogP contribution in [0, 0.1) is 5.41 Å². The van der Waals surface area contributed by atoms with Gasteiger partial charge in [0, 0.05) is 31.6 Å². The average molecular weight is 444 g/mol. The van der Waals surface area contributed by atoms with Crippen LogP contribution in [0.3, 0.4) is 0 Å². The van der Waals surface area contributed by atoms with Crippen molar-refractivity contribution in [3.05, 3.63) is 29.9 Å². The van der Waals surface area contributed by atoms with E-state index in [2.05, 4.69) is 41.3 Å². The number of likely N-dealkylation sites (tertiary alicyclic amines) is 2. The summed E-state index contributed by atoms with van der Waals surface area (Å²) < 4.78 is 16.1. The maximum absolute atomic E-state index is 12.9. The number of rotatable bonds is 5. The summed E-state index contributed by atoms with van der Waals surface area (Å²) in [5.41, 5.74) is 0.776. The van der Waals surface area contributed by atoms with Gasteiger partial charge in [-0.1, -0.05) is 19.0 Å². The summed E-state index contributed by atoms with van der Waals surface area (Å²) in [5.74, 6) is 2.96. The normalized spacial score (nSPS) is 20.7. The van der Waals surface area contributed by atoms with Crippen molar-refractivity contribution in [1.29, 1.82) is 0 Å². The topological polar surface area (TPSA) is 93.0 Å². The molecule has 2 amide bonds. The number of aromatic nitrogens is 2. The van der Waals surface area contributed by atoms with Crippen molar-refractivity contribution in [2.45, 2.75) is 45.1 Å². The molecule has 2 saturated heterocycles. The summed E-state index contributed by atoms with van der Waals surface area (Å²) in [4.78, 5) is 21.8.